The van der Waals surface area contributed by atoms with Crippen LogP contribution in [0.1, 0.15) is 22.8 Å². The summed E-state index contributed by atoms with van der Waals surface area (Å²) in [6.45, 7) is 2.46. The third-order valence-electron chi connectivity index (χ3n) is 2.42. The summed E-state index contributed by atoms with van der Waals surface area (Å²) in [5.41, 5.74) is 11.2. The highest BCUT2D eigenvalue weighted by molar-refractivity contribution is 7.99. The number of carbonyl (C=O) groups excluding carboxylic acids is 1. The molecule has 0 radical (unpaired) electrons. The number of nitrogens with zero attached hydrogens (tertiary/aromatic N) is 1. The Morgan fingerprint density at radius 1 is 1.56 bits per heavy atom. The molecule has 0 aliphatic carbocycles. The minimum absolute atomic E-state index is 0.0805. The minimum Gasteiger partial charge on any atom is -0.366 e. The largest absolute Gasteiger partial charge is 0.366 e. The molecule has 0 saturated heterocycles. The summed E-state index contributed by atoms with van der Waals surface area (Å²) in [6, 6.07) is 4.28. The van der Waals surface area contributed by atoms with Crippen LogP contribution in [0.5, 0.6) is 0 Å². The van der Waals surface area contributed by atoms with Crippen LogP contribution >= 0.6 is 11.8 Å². The van der Waals surface area contributed by atoms with Crippen LogP contribution in [0.15, 0.2) is 18.2 Å². The van der Waals surface area contributed by atoms with Crippen molar-refractivity contribution in [1.29, 1.82) is 0 Å². The molecule has 0 bridgehead atoms. The number of nitro groups is 1. The standard InChI is InChI=1S/C11H15N3O3S/c1-7(5-12)18-6-9-3-2-8(11(13)15)4-10(9)14(16)17/h2-4,7H,5-6,12H2,1H3,(H2,13,15). The van der Waals surface area contributed by atoms with Gasteiger partial charge in [0.15, 0.2) is 0 Å². The molecule has 0 spiro atoms. The maximum absolute atomic E-state index is 11.0. The fraction of sp³-hybridized carbons (Fsp3) is 0.364. The van der Waals surface area contributed by atoms with E-state index in [-0.39, 0.29) is 16.5 Å². The minimum atomic E-state index is -0.673. The Bertz CT molecular complexity index is 465. The number of carbonyl (C=O) groups is 1. The molecule has 0 aromatic heterocycles. The lowest BCUT2D eigenvalue weighted by atomic mass is 10.1. The van der Waals surface area contributed by atoms with Crippen LogP contribution < -0.4 is 11.5 Å². The Balaban J connectivity index is 2.97. The van der Waals surface area contributed by atoms with E-state index in [2.05, 4.69) is 0 Å². The zero-order chi connectivity index (χ0) is 13.7. The molecule has 1 aromatic carbocycles. The van der Waals surface area contributed by atoms with Crippen LogP contribution in [0, 0.1) is 10.1 Å². The van der Waals surface area contributed by atoms with E-state index in [0.29, 0.717) is 17.9 Å². The summed E-state index contributed by atoms with van der Waals surface area (Å²) >= 11 is 1.53. The smallest absolute Gasteiger partial charge is 0.274 e. The number of amides is 1. The normalized spacial score (nSPS) is 12.1. The molecule has 0 heterocycles. The molecule has 1 aromatic rings. The lowest BCUT2D eigenvalue weighted by Gasteiger charge is -2.08. The van der Waals surface area contributed by atoms with Gasteiger partial charge in [0.25, 0.3) is 5.69 Å². The van der Waals surface area contributed by atoms with Crippen molar-refractivity contribution < 1.29 is 9.72 Å². The first-order chi connectivity index (χ1) is 8.45. The van der Waals surface area contributed by atoms with Gasteiger partial charge in [-0.3, -0.25) is 14.9 Å². The average molecular weight is 269 g/mol. The van der Waals surface area contributed by atoms with E-state index >= 15 is 0 Å². The second kappa shape index (κ2) is 6.36. The van der Waals surface area contributed by atoms with E-state index in [1.807, 2.05) is 6.92 Å². The SMILES string of the molecule is CC(CN)SCc1ccc(C(N)=O)cc1[N+](=O)[O-]. The monoisotopic (exact) mass is 269 g/mol. The van der Waals surface area contributed by atoms with Crippen LogP contribution in [-0.2, 0) is 5.75 Å². The topological polar surface area (TPSA) is 112 Å². The van der Waals surface area contributed by atoms with Crippen LogP contribution in [0.4, 0.5) is 5.69 Å². The summed E-state index contributed by atoms with van der Waals surface area (Å²) < 4.78 is 0. The predicted molar refractivity (Wildman–Crippen MR) is 71.4 cm³/mol. The molecule has 1 unspecified atom stereocenters. The molecule has 1 amide bonds. The van der Waals surface area contributed by atoms with Gasteiger partial charge < -0.3 is 11.5 Å². The highest BCUT2D eigenvalue weighted by Gasteiger charge is 2.16. The quantitative estimate of drug-likeness (QED) is 0.596. The van der Waals surface area contributed by atoms with E-state index in [0.717, 1.165) is 0 Å². The second-order valence-corrected chi connectivity index (χ2v) is 5.25. The zero-order valence-corrected chi connectivity index (χ0v) is 10.8. The molecule has 0 saturated carbocycles. The molecule has 18 heavy (non-hydrogen) atoms. The Morgan fingerprint density at radius 3 is 2.72 bits per heavy atom. The maximum atomic E-state index is 11.0. The van der Waals surface area contributed by atoms with E-state index in [1.54, 1.807) is 6.07 Å². The number of hydrogen-bond acceptors (Lipinski definition) is 5. The molecular weight excluding hydrogens is 254 g/mol. The highest BCUT2D eigenvalue weighted by Crippen LogP contribution is 2.26. The number of benzene rings is 1. The number of nitrogens with two attached hydrogens (primary N) is 2. The van der Waals surface area contributed by atoms with Crippen molar-refractivity contribution in [3.05, 3.63) is 39.4 Å². The predicted octanol–water partition coefficient (Wildman–Crippen LogP) is 1.27. The van der Waals surface area contributed by atoms with Crippen molar-refractivity contribution in [2.45, 2.75) is 17.9 Å². The molecule has 1 rings (SSSR count). The summed E-state index contributed by atoms with van der Waals surface area (Å²) in [5.74, 6) is -0.194. The van der Waals surface area contributed by atoms with Crippen molar-refractivity contribution in [1.82, 2.24) is 0 Å². The fourth-order valence-electron chi connectivity index (χ4n) is 1.31. The van der Waals surface area contributed by atoms with Crippen LogP contribution in [-0.4, -0.2) is 22.6 Å². The van der Waals surface area contributed by atoms with Gasteiger partial charge in [0.2, 0.25) is 5.91 Å². The summed E-state index contributed by atoms with van der Waals surface area (Å²) in [5, 5.41) is 11.2. The molecule has 0 fully saturated rings. The Kier molecular flexibility index (Phi) is 5.11. The summed E-state index contributed by atoms with van der Waals surface area (Å²) in [4.78, 5) is 21.4. The first kappa shape index (κ1) is 14.5. The molecular formula is C11H15N3O3S. The maximum Gasteiger partial charge on any atom is 0.274 e. The van der Waals surface area contributed by atoms with Crippen molar-refractivity contribution in [3.63, 3.8) is 0 Å². The highest BCUT2D eigenvalue weighted by atomic mass is 32.2. The zero-order valence-electron chi connectivity index (χ0n) is 9.96. The lowest BCUT2D eigenvalue weighted by Crippen LogP contribution is -2.13. The van der Waals surface area contributed by atoms with Crippen molar-refractivity contribution >= 4 is 23.4 Å². The van der Waals surface area contributed by atoms with Gasteiger partial charge in [0.1, 0.15) is 0 Å². The van der Waals surface area contributed by atoms with Gasteiger partial charge in [0, 0.05) is 34.7 Å². The lowest BCUT2D eigenvalue weighted by molar-refractivity contribution is -0.385. The first-order valence-corrected chi connectivity index (χ1v) is 6.39. The molecule has 98 valence electrons. The van der Waals surface area contributed by atoms with Crippen LogP contribution in [0.3, 0.4) is 0 Å². The molecule has 6 nitrogen and oxygen atoms in total. The van der Waals surface area contributed by atoms with Gasteiger partial charge in [-0.05, 0) is 6.07 Å². The molecule has 4 N–H and O–H groups in total. The van der Waals surface area contributed by atoms with Gasteiger partial charge in [-0.1, -0.05) is 13.0 Å². The number of nitro benzene ring substituents is 1. The third-order valence-corrected chi connectivity index (χ3v) is 3.66. The Labute approximate surface area is 109 Å². The second-order valence-electron chi connectivity index (χ2n) is 3.82. The van der Waals surface area contributed by atoms with E-state index in [9.17, 15) is 14.9 Å². The summed E-state index contributed by atoms with van der Waals surface area (Å²) in [7, 11) is 0. The van der Waals surface area contributed by atoms with Crippen molar-refractivity contribution in [2.24, 2.45) is 11.5 Å². The van der Waals surface area contributed by atoms with Crippen molar-refractivity contribution in [2.75, 3.05) is 6.54 Å². The van der Waals surface area contributed by atoms with Gasteiger partial charge >= 0.3 is 0 Å². The molecule has 7 heteroatoms. The van der Waals surface area contributed by atoms with E-state index < -0.39 is 10.8 Å². The van der Waals surface area contributed by atoms with Gasteiger partial charge in [-0.2, -0.15) is 11.8 Å². The molecule has 0 aliphatic heterocycles. The van der Waals surface area contributed by atoms with Gasteiger partial charge in [-0.25, -0.2) is 0 Å². The average Bonchev–Trinajstić information content (AvgIpc) is 2.35. The summed E-state index contributed by atoms with van der Waals surface area (Å²) in [6.07, 6.45) is 0. The van der Waals surface area contributed by atoms with E-state index in [4.69, 9.17) is 11.5 Å². The van der Waals surface area contributed by atoms with E-state index in [1.165, 1.54) is 23.9 Å². The third kappa shape index (κ3) is 3.71. The number of rotatable bonds is 6. The molecule has 1 atom stereocenters. The first-order valence-electron chi connectivity index (χ1n) is 5.34. The number of thioether (sulfide) groups is 1. The van der Waals surface area contributed by atoms with Crippen LogP contribution in [0.2, 0.25) is 0 Å². The van der Waals surface area contributed by atoms with Crippen molar-refractivity contribution in [3.8, 4) is 0 Å². The van der Waals surface area contributed by atoms with Gasteiger partial charge in [-0.15, -0.1) is 0 Å². The number of hydrogen-bond donors (Lipinski definition) is 2. The number of primary amides is 1. The Hall–Kier alpha value is -1.60. The Morgan fingerprint density at radius 2 is 2.22 bits per heavy atom. The fourth-order valence-corrected chi connectivity index (χ4v) is 2.15. The van der Waals surface area contributed by atoms with Gasteiger partial charge in [0.05, 0.1) is 4.92 Å². The molecule has 0 aliphatic rings. The van der Waals surface area contributed by atoms with Crippen LogP contribution in [0.25, 0.3) is 0 Å².